The number of carbonyl (C=O) groups excluding carboxylic acids is 1. The molecule has 1 unspecified atom stereocenters. The Kier molecular flexibility index (Phi) is 3.40. The van der Waals surface area contributed by atoms with Gasteiger partial charge in [0.2, 0.25) is 5.91 Å². The van der Waals surface area contributed by atoms with Crippen molar-refractivity contribution in [3.63, 3.8) is 0 Å². The second-order valence-corrected chi connectivity index (χ2v) is 6.24. The second kappa shape index (κ2) is 5.08. The van der Waals surface area contributed by atoms with Crippen molar-refractivity contribution in [2.75, 3.05) is 30.9 Å². The van der Waals surface area contributed by atoms with E-state index in [-0.39, 0.29) is 11.8 Å². The van der Waals surface area contributed by atoms with E-state index in [1.807, 2.05) is 38.2 Å². The maximum Gasteiger partial charge on any atom is 0.236 e. The number of pyridine rings is 1. The number of fused-ring (bicyclic) bond motifs is 1. The molecular weight excluding hydrogens is 250 g/mol. The monoisotopic (exact) mass is 273 g/mol. The van der Waals surface area contributed by atoms with Crippen LogP contribution in [-0.4, -0.2) is 32.0 Å². The SMILES string of the molecule is CN(C)c1ccc2c(n1)C(C1CCCCC1)C(=O)N2C. The molecule has 0 spiro atoms. The van der Waals surface area contributed by atoms with Crippen molar-refractivity contribution in [1.82, 2.24) is 4.98 Å². The minimum Gasteiger partial charge on any atom is -0.363 e. The molecule has 1 aromatic rings. The van der Waals surface area contributed by atoms with Crippen LogP contribution < -0.4 is 9.80 Å². The van der Waals surface area contributed by atoms with Gasteiger partial charge in [0.1, 0.15) is 5.82 Å². The number of nitrogens with zero attached hydrogens (tertiary/aromatic N) is 3. The van der Waals surface area contributed by atoms with Gasteiger partial charge in [-0.3, -0.25) is 4.79 Å². The van der Waals surface area contributed by atoms with Crippen LogP contribution in [0.1, 0.15) is 43.7 Å². The Balaban J connectivity index is 2.00. The normalized spacial score (nSPS) is 23.1. The first-order valence-corrected chi connectivity index (χ1v) is 7.55. The first kappa shape index (κ1) is 13.4. The molecule has 0 N–H and O–H groups in total. The van der Waals surface area contributed by atoms with Gasteiger partial charge < -0.3 is 9.80 Å². The molecule has 2 aliphatic rings. The summed E-state index contributed by atoms with van der Waals surface area (Å²) in [6.07, 6.45) is 6.14. The Labute approximate surface area is 120 Å². The summed E-state index contributed by atoms with van der Waals surface area (Å²) in [5.41, 5.74) is 1.99. The van der Waals surface area contributed by atoms with Crippen LogP contribution in [0.15, 0.2) is 12.1 Å². The standard InChI is InChI=1S/C16H23N3O/c1-18(2)13-10-9-12-15(17-13)14(16(20)19(12)3)11-7-5-4-6-8-11/h9-11,14H,4-8H2,1-3H3. The van der Waals surface area contributed by atoms with Gasteiger partial charge in [0.25, 0.3) is 0 Å². The number of likely N-dealkylation sites (N-methyl/N-ethyl adjacent to an activating group) is 1. The molecule has 3 rings (SSSR count). The molecule has 0 radical (unpaired) electrons. The first-order chi connectivity index (χ1) is 9.59. The summed E-state index contributed by atoms with van der Waals surface area (Å²) in [5.74, 6) is 1.63. The van der Waals surface area contributed by atoms with Crippen LogP contribution in [0.25, 0.3) is 0 Å². The van der Waals surface area contributed by atoms with Gasteiger partial charge in [-0.2, -0.15) is 0 Å². The predicted molar refractivity (Wildman–Crippen MR) is 81.3 cm³/mol. The van der Waals surface area contributed by atoms with E-state index < -0.39 is 0 Å². The second-order valence-electron chi connectivity index (χ2n) is 6.24. The maximum absolute atomic E-state index is 12.6. The molecule has 1 saturated carbocycles. The lowest BCUT2D eigenvalue weighted by atomic mass is 9.79. The van der Waals surface area contributed by atoms with E-state index in [9.17, 15) is 4.79 Å². The molecule has 1 amide bonds. The summed E-state index contributed by atoms with van der Waals surface area (Å²) in [7, 11) is 5.86. The number of carbonyl (C=O) groups is 1. The molecule has 1 aliphatic carbocycles. The van der Waals surface area contributed by atoms with Gasteiger partial charge in [-0.25, -0.2) is 4.98 Å². The van der Waals surface area contributed by atoms with E-state index in [1.54, 1.807) is 4.90 Å². The van der Waals surface area contributed by atoms with Crippen molar-refractivity contribution in [3.8, 4) is 0 Å². The van der Waals surface area contributed by atoms with E-state index in [2.05, 4.69) is 0 Å². The third-order valence-corrected chi connectivity index (χ3v) is 4.72. The van der Waals surface area contributed by atoms with Crippen LogP contribution in [0.3, 0.4) is 0 Å². The summed E-state index contributed by atoms with van der Waals surface area (Å²) < 4.78 is 0. The first-order valence-electron chi connectivity index (χ1n) is 7.55. The Morgan fingerprint density at radius 3 is 2.55 bits per heavy atom. The number of hydrogen-bond donors (Lipinski definition) is 0. The highest BCUT2D eigenvalue weighted by Gasteiger charge is 2.41. The number of amides is 1. The lowest BCUT2D eigenvalue weighted by Crippen LogP contribution is -2.29. The lowest BCUT2D eigenvalue weighted by Gasteiger charge is -2.26. The van der Waals surface area contributed by atoms with Gasteiger partial charge in [0.15, 0.2) is 0 Å². The van der Waals surface area contributed by atoms with E-state index in [0.29, 0.717) is 5.92 Å². The minimum absolute atomic E-state index is 0.0183. The van der Waals surface area contributed by atoms with Gasteiger partial charge in [0, 0.05) is 21.1 Å². The van der Waals surface area contributed by atoms with E-state index in [0.717, 1.165) is 30.0 Å². The van der Waals surface area contributed by atoms with Gasteiger partial charge in [-0.05, 0) is 30.9 Å². The molecule has 0 saturated heterocycles. The molecule has 1 aromatic heterocycles. The number of aromatic nitrogens is 1. The molecule has 1 aliphatic heterocycles. The number of hydrogen-bond acceptors (Lipinski definition) is 3. The molecule has 1 atom stereocenters. The molecule has 4 nitrogen and oxygen atoms in total. The van der Waals surface area contributed by atoms with Crippen LogP contribution in [0, 0.1) is 5.92 Å². The topological polar surface area (TPSA) is 36.4 Å². The van der Waals surface area contributed by atoms with Crippen molar-refractivity contribution in [2.24, 2.45) is 5.92 Å². The average Bonchev–Trinajstić information content (AvgIpc) is 2.71. The highest BCUT2D eigenvalue weighted by Crippen LogP contribution is 2.44. The van der Waals surface area contributed by atoms with Crippen LogP contribution in [-0.2, 0) is 4.79 Å². The summed E-state index contributed by atoms with van der Waals surface area (Å²) >= 11 is 0. The Morgan fingerprint density at radius 1 is 1.20 bits per heavy atom. The number of anilines is 2. The molecule has 4 heteroatoms. The minimum atomic E-state index is -0.0183. The van der Waals surface area contributed by atoms with Crippen LogP contribution in [0.5, 0.6) is 0 Å². The summed E-state index contributed by atoms with van der Waals surface area (Å²) in [6, 6.07) is 4.03. The van der Waals surface area contributed by atoms with Crippen LogP contribution >= 0.6 is 0 Å². The zero-order valence-electron chi connectivity index (χ0n) is 12.6. The quantitative estimate of drug-likeness (QED) is 0.831. The summed E-state index contributed by atoms with van der Waals surface area (Å²) in [6.45, 7) is 0. The Morgan fingerprint density at radius 2 is 1.90 bits per heavy atom. The van der Waals surface area contributed by atoms with Gasteiger partial charge in [-0.15, -0.1) is 0 Å². The van der Waals surface area contributed by atoms with Crippen molar-refractivity contribution in [2.45, 2.75) is 38.0 Å². The van der Waals surface area contributed by atoms with Gasteiger partial charge in [-0.1, -0.05) is 19.3 Å². The largest absolute Gasteiger partial charge is 0.363 e. The third kappa shape index (κ3) is 2.07. The maximum atomic E-state index is 12.6. The van der Waals surface area contributed by atoms with Gasteiger partial charge >= 0.3 is 0 Å². The molecule has 0 bridgehead atoms. The Hall–Kier alpha value is -1.58. The van der Waals surface area contributed by atoms with Crippen molar-refractivity contribution < 1.29 is 4.79 Å². The predicted octanol–water partition coefficient (Wildman–Crippen LogP) is 2.79. The Bertz CT molecular complexity index is 520. The molecule has 2 heterocycles. The molecule has 108 valence electrons. The van der Waals surface area contributed by atoms with Crippen LogP contribution in [0.4, 0.5) is 11.5 Å². The van der Waals surface area contributed by atoms with Gasteiger partial charge in [0.05, 0.1) is 17.3 Å². The molecule has 1 fully saturated rings. The fraction of sp³-hybridized carbons (Fsp3) is 0.625. The fourth-order valence-electron chi connectivity index (χ4n) is 3.56. The lowest BCUT2D eigenvalue weighted by molar-refractivity contribution is -0.120. The van der Waals surface area contributed by atoms with E-state index in [1.165, 1.54) is 19.3 Å². The van der Waals surface area contributed by atoms with Crippen molar-refractivity contribution >= 4 is 17.4 Å². The van der Waals surface area contributed by atoms with E-state index >= 15 is 0 Å². The molecule has 0 aromatic carbocycles. The molecule has 20 heavy (non-hydrogen) atoms. The highest BCUT2D eigenvalue weighted by atomic mass is 16.2. The zero-order chi connectivity index (χ0) is 14.3. The summed E-state index contributed by atoms with van der Waals surface area (Å²) in [5, 5.41) is 0. The van der Waals surface area contributed by atoms with Crippen molar-refractivity contribution in [3.05, 3.63) is 17.8 Å². The third-order valence-electron chi connectivity index (χ3n) is 4.72. The molecular formula is C16H23N3O. The van der Waals surface area contributed by atoms with Crippen molar-refractivity contribution in [1.29, 1.82) is 0 Å². The summed E-state index contributed by atoms with van der Waals surface area (Å²) in [4.78, 5) is 21.2. The smallest absolute Gasteiger partial charge is 0.236 e. The zero-order valence-corrected chi connectivity index (χ0v) is 12.6. The van der Waals surface area contributed by atoms with Crippen LogP contribution in [0.2, 0.25) is 0 Å². The highest BCUT2D eigenvalue weighted by molar-refractivity contribution is 6.04. The van der Waals surface area contributed by atoms with E-state index in [4.69, 9.17) is 4.98 Å². The number of rotatable bonds is 2. The average molecular weight is 273 g/mol. The fourth-order valence-corrected chi connectivity index (χ4v) is 3.56.